The van der Waals surface area contributed by atoms with Crippen molar-refractivity contribution >= 4 is 5.57 Å². The molecule has 0 aliphatic heterocycles. The Kier molecular flexibility index (Phi) is 5.38. The van der Waals surface area contributed by atoms with Gasteiger partial charge in [-0.1, -0.05) is 72.7 Å². The van der Waals surface area contributed by atoms with E-state index >= 15 is 0 Å². The lowest BCUT2D eigenvalue weighted by Crippen LogP contribution is -1.99. The van der Waals surface area contributed by atoms with Crippen molar-refractivity contribution in [2.45, 2.75) is 40.0 Å². The Bertz CT molecular complexity index is 674. The summed E-state index contributed by atoms with van der Waals surface area (Å²) in [5.74, 6) is 0.445. The van der Waals surface area contributed by atoms with E-state index in [0.717, 1.165) is 6.42 Å². The Morgan fingerprint density at radius 3 is 2.23 bits per heavy atom. The summed E-state index contributed by atoms with van der Waals surface area (Å²) in [7, 11) is 0. The molecule has 114 valence electrons. The van der Waals surface area contributed by atoms with Crippen LogP contribution in [0.1, 0.15) is 55.4 Å². The highest BCUT2D eigenvalue weighted by atomic mass is 14.3. The predicted molar refractivity (Wildman–Crippen MR) is 98.2 cm³/mol. The average molecular weight is 290 g/mol. The average Bonchev–Trinajstić information content (AvgIpc) is 2.79. The second-order valence-corrected chi connectivity index (χ2v) is 5.94. The predicted octanol–water partition coefficient (Wildman–Crippen LogP) is 6.52. The molecule has 0 saturated heterocycles. The highest BCUT2D eigenvalue weighted by Gasteiger charge is 2.27. The molecule has 1 aliphatic carbocycles. The molecule has 1 atom stereocenters. The Morgan fingerprint density at radius 2 is 1.64 bits per heavy atom. The van der Waals surface area contributed by atoms with Crippen LogP contribution in [0.3, 0.4) is 0 Å². The lowest BCUT2D eigenvalue weighted by Gasteiger charge is -2.15. The molecule has 0 aromatic heterocycles. The van der Waals surface area contributed by atoms with Crippen LogP contribution in [0.2, 0.25) is 0 Å². The van der Waals surface area contributed by atoms with Crippen molar-refractivity contribution in [3.05, 3.63) is 89.0 Å². The molecule has 0 amide bonds. The summed E-state index contributed by atoms with van der Waals surface area (Å²) in [6.45, 7) is 12.2. The van der Waals surface area contributed by atoms with Crippen LogP contribution in [0.25, 0.3) is 5.57 Å². The highest BCUT2D eigenvalue weighted by Crippen LogP contribution is 2.45. The van der Waals surface area contributed by atoms with Crippen LogP contribution < -0.4 is 0 Å². The van der Waals surface area contributed by atoms with Crippen LogP contribution in [-0.2, 0) is 0 Å². The molecule has 2 aromatic carbocycles. The van der Waals surface area contributed by atoms with Crippen LogP contribution in [0.5, 0.6) is 0 Å². The topological polar surface area (TPSA) is 0 Å². The maximum absolute atomic E-state index is 3.48. The van der Waals surface area contributed by atoms with Gasteiger partial charge in [-0.2, -0.15) is 0 Å². The molecule has 0 heterocycles. The smallest absolute Gasteiger partial charge is 0.0308 e. The monoisotopic (exact) mass is 290 g/mol. The molecule has 0 bridgehead atoms. The zero-order valence-electron chi connectivity index (χ0n) is 14.2. The first-order valence-electron chi connectivity index (χ1n) is 8.04. The molecular formula is C22H26. The van der Waals surface area contributed by atoms with Gasteiger partial charge in [-0.3, -0.25) is 0 Å². The molecule has 22 heavy (non-hydrogen) atoms. The highest BCUT2D eigenvalue weighted by molar-refractivity contribution is 5.78. The summed E-state index contributed by atoms with van der Waals surface area (Å²) < 4.78 is 0. The fraction of sp³-hybridized carbons (Fsp3) is 0.273. The van der Waals surface area contributed by atoms with Gasteiger partial charge in [-0.15, -0.1) is 6.58 Å². The van der Waals surface area contributed by atoms with Crippen molar-refractivity contribution < 1.29 is 0 Å². The van der Waals surface area contributed by atoms with Gasteiger partial charge in [0.15, 0.2) is 0 Å². The van der Waals surface area contributed by atoms with E-state index in [-0.39, 0.29) is 0 Å². The molecule has 0 N–H and O–H groups in total. The number of allylic oxidation sites excluding steroid dienone is 3. The van der Waals surface area contributed by atoms with Gasteiger partial charge in [0, 0.05) is 5.92 Å². The van der Waals surface area contributed by atoms with Gasteiger partial charge < -0.3 is 0 Å². The standard InChI is InChI=1S/C18H18.C4H8/c1-12-9-10-16-13(2)14(3)18(17(16)11-12)15-7-5-4-6-8-15;1-3-4-2/h4-11,18H,1-3H3;3H,1,4H2,2H3. The number of aryl methyl sites for hydroxylation is 1. The Balaban J connectivity index is 0.000000396. The van der Waals surface area contributed by atoms with Gasteiger partial charge in [0.2, 0.25) is 0 Å². The minimum absolute atomic E-state index is 0.445. The Hall–Kier alpha value is -2.08. The third kappa shape index (κ3) is 3.22. The first-order valence-corrected chi connectivity index (χ1v) is 8.04. The van der Waals surface area contributed by atoms with Gasteiger partial charge in [-0.25, -0.2) is 0 Å². The molecule has 0 fully saturated rings. The summed E-state index contributed by atoms with van der Waals surface area (Å²) in [6.07, 6.45) is 2.96. The Morgan fingerprint density at radius 1 is 1.00 bits per heavy atom. The zero-order chi connectivity index (χ0) is 16.1. The summed E-state index contributed by atoms with van der Waals surface area (Å²) in [4.78, 5) is 0. The maximum Gasteiger partial charge on any atom is 0.0308 e. The molecule has 0 saturated carbocycles. The van der Waals surface area contributed by atoms with E-state index < -0.39 is 0 Å². The van der Waals surface area contributed by atoms with E-state index in [2.05, 4.69) is 82.8 Å². The van der Waals surface area contributed by atoms with Gasteiger partial charge in [0.05, 0.1) is 0 Å². The molecule has 0 nitrogen and oxygen atoms in total. The lowest BCUT2D eigenvalue weighted by atomic mass is 9.88. The first kappa shape index (κ1) is 16.3. The number of rotatable bonds is 2. The van der Waals surface area contributed by atoms with E-state index in [1.54, 1.807) is 0 Å². The molecule has 1 aliphatic rings. The van der Waals surface area contributed by atoms with Crippen molar-refractivity contribution in [3.63, 3.8) is 0 Å². The minimum atomic E-state index is 0.445. The molecule has 0 radical (unpaired) electrons. The van der Waals surface area contributed by atoms with E-state index in [0.29, 0.717) is 5.92 Å². The fourth-order valence-electron chi connectivity index (χ4n) is 3.00. The second-order valence-electron chi connectivity index (χ2n) is 5.94. The van der Waals surface area contributed by atoms with E-state index in [1.807, 2.05) is 6.08 Å². The third-order valence-electron chi connectivity index (χ3n) is 4.37. The number of hydrogen-bond donors (Lipinski definition) is 0. The summed E-state index contributed by atoms with van der Waals surface area (Å²) in [5.41, 5.74) is 8.57. The summed E-state index contributed by atoms with van der Waals surface area (Å²) >= 11 is 0. The van der Waals surface area contributed by atoms with Crippen molar-refractivity contribution in [2.75, 3.05) is 0 Å². The third-order valence-corrected chi connectivity index (χ3v) is 4.37. The van der Waals surface area contributed by atoms with Crippen molar-refractivity contribution in [2.24, 2.45) is 0 Å². The van der Waals surface area contributed by atoms with E-state index in [4.69, 9.17) is 0 Å². The second kappa shape index (κ2) is 7.26. The van der Waals surface area contributed by atoms with Crippen LogP contribution in [0.15, 0.2) is 66.8 Å². The summed E-state index contributed by atoms with van der Waals surface area (Å²) in [5, 5.41) is 0. The molecule has 1 unspecified atom stereocenters. The molecule has 3 rings (SSSR count). The van der Waals surface area contributed by atoms with E-state index in [1.165, 1.54) is 33.4 Å². The van der Waals surface area contributed by atoms with Crippen LogP contribution in [0.4, 0.5) is 0 Å². The Labute approximate surface area is 135 Å². The van der Waals surface area contributed by atoms with Gasteiger partial charge in [0.1, 0.15) is 0 Å². The van der Waals surface area contributed by atoms with Gasteiger partial charge in [0.25, 0.3) is 0 Å². The quantitative estimate of drug-likeness (QED) is 0.552. The zero-order valence-corrected chi connectivity index (χ0v) is 14.2. The lowest BCUT2D eigenvalue weighted by molar-refractivity contribution is 0.972. The van der Waals surface area contributed by atoms with Crippen LogP contribution in [-0.4, -0.2) is 0 Å². The number of benzene rings is 2. The SMILES string of the molecule is C=CCC.CC1=C(C)C(c2ccccc2)c2cc(C)ccc21. The van der Waals surface area contributed by atoms with E-state index in [9.17, 15) is 0 Å². The molecule has 2 aromatic rings. The normalized spacial score (nSPS) is 15.9. The van der Waals surface area contributed by atoms with Gasteiger partial charge in [-0.05, 0) is 49.5 Å². The van der Waals surface area contributed by atoms with Crippen molar-refractivity contribution in [1.29, 1.82) is 0 Å². The number of hydrogen-bond acceptors (Lipinski definition) is 0. The molecule has 0 spiro atoms. The maximum atomic E-state index is 3.48. The van der Waals surface area contributed by atoms with Crippen LogP contribution in [0, 0.1) is 6.92 Å². The minimum Gasteiger partial charge on any atom is -0.103 e. The fourth-order valence-corrected chi connectivity index (χ4v) is 3.00. The number of fused-ring (bicyclic) bond motifs is 1. The van der Waals surface area contributed by atoms with Crippen molar-refractivity contribution in [3.8, 4) is 0 Å². The summed E-state index contributed by atoms with van der Waals surface area (Å²) in [6, 6.07) is 17.6. The molecular weight excluding hydrogens is 264 g/mol. The largest absolute Gasteiger partial charge is 0.103 e. The molecule has 0 heteroatoms. The first-order chi connectivity index (χ1) is 10.6. The van der Waals surface area contributed by atoms with Gasteiger partial charge >= 0.3 is 0 Å². The van der Waals surface area contributed by atoms with Crippen LogP contribution >= 0.6 is 0 Å². The van der Waals surface area contributed by atoms with Crippen molar-refractivity contribution in [1.82, 2.24) is 0 Å².